The molecule has 0 aliphatic carbocycles. The number of nitrogens with one attached hydrogen (secondary N) is 1. The van der Waals surface area contributed by atoms with Crippen LogP contribution in [0.1, 0.15) is 0 Å². The summed E-state index contributed by atoms with van der Waals surface area (Å²) < 4.78 is 0. The zero-order valence-corrected chi connectivity index (χ0v) is 20.0. The maximum absolute atomic E-state index is 7.66. The molecule has 154 valence electrons. The topological polar surface area (TPSA) is 12.0 Å². The number of hydrogen-bond donors (Lipinski definition) is 1. The molecule has 1 N–H and O–H groups in total. The number of hydrogen-bond acceptors (Lipinski definition) is 1. The van der Waals surface area contributed by atoms with Crippen molar-refractivity contribution in [2.24, 2.45) is 0 Å². The summed E-state index contributed by atoms with van der Waals surface area (Å²) in [4.78, 5) is 4.07. The first-order valence-electron chi connectivity index (χ1n) is 9.95. The molecule has 30 heavy (non-hydrogen) atoms. The van der Waals surface area contributed by atoms with E-state index in [-0.39, 0.29) is 0 Å². The third-order valence-electron chi connectivity index (χ3n) is 5.46. The van der Waals surface area contributed by atoms with Crippen LogP contribution in [0, 0.1) is 0 Å². The molecule has 4 aromatic rings. The Labute approximate surface area is 189 Å². The van der Waals surface area contributed by atoms with Crippen molar-refractivity contribution in [3.8, 4) is 0 Å². The molecule has 0 saturated heterocycles. The molecular weight excluding hydrogens is 447 g/mol. The van der Waals surface area contributed by atoms with Crippen LogP contribution in [0.15, 0.2) is 121 Å². The second-order valence-corrected chi connectivity index (χ2v) is 16.5. The number of benzene rings is 4. The van der Waals surface area contributed by atoms with Gasteiger partial charge in [-0.2, -0.15) is 0 Å². The monoisotopic (exact) mass is 471 g/mol. The first-order chi connectivity index (χ1) is 14.7. The van der Waals surface area contributed by atoms with E-state index in [2.05, 4.69) is 102 Å². The van der Waals surface area contributed by atoms with Crippen molar-refractivity contribution in [1.82, 2.24) is 4.86 Å². The van der Waals surface area contributed by atoms with E-state index >= 15 is 0 Å². The van der Waals surface area contributed by atoms with Crippen molar-refractivity contribution in [1.29, 1.82) is 0 Å². The van der Waals surface area contributed by atoms with Gasteiger partial charge in [-0.3, -0.25) is 0 Å². The van der Waals surface area contributed by atoms with Crippen LogP contribution in [0.2, 0.25) is 0 Å². The van der Waals surface area contributed by atoms with Crippen LogP contribution in [-0.2, 0) is 0 Å². The van der Waals surface area contributed by atoms with Crippen LogP contribution in [-0.4, -0.2) is 5.62 Å². The summed E-state index contributed by atoms with van der Waals surface area (Å²) in [6.45, 7) is -2.82. The molecule has 0 fully saturated rings. The second kappa shape index (κ2) is 9.61. The zero-order valence-electron chi connectivity index (χ0n) is 16.5. The summed E-state index contributed by atoms with van der Waals surface area (Å²) >= 11 is 14.5. The molecule has 0 amide bonds. The Bertz CT molecular complexity index is 982. The Morgan fingerprint density at radius 1 is 0.500 bits per heavy atom. The molecule has 1 nitrogen and oxygen atoms in total. The molecular formula is C25H25Cl2NP2. The molecule has 0 heterocycles. The third-order valence-corrected chi connectivity index (χ3v) is 17.2. The Morgan fingerprint density at radius 3 is 1.10 bits per heavy atom. The standard InChI is InChI=1S/C25H25Cl2NP2/c26-21-29(22-13-5-1-6-14-22,23-15-7-2-8-16-23)28-30(27,24-17-9-3-10-18-24)25-19-11-4-12-20-25/h1-20,28-30H,21H2. The first-order valence-corrected chi connectivity index (χ1v) is 15.7. The summed E-state index contributed by atoms with van der Waals surface area (Å²) in [5.41, 5.74) is 0.488. The van der Waals surface area contributed by atoms with Crippen LogP contribution in [0.5, 0.6) is 0 Å². The van der Waals surface area contributed by atoms with Gasteiger partial charge in [0.25, 0.3) is 0 Å². The molecule has 0 atom stereocenters. The summed E-state index contributed by atoms with van der Waals surface area (Å²) in [6, 6.07) is 41.9. The molecule has 0 unspecified atom stereocenters. The van der Waals surface area contributed by atoms with Crippen molar-refractivity contribution in [2.75, 3.05) is 5.62 Å². The predicted octanol–water partition coefficient (Wildman–Crippen LogP) is 5.56. The van der Waals surface area contributed by atoms with E-state index in [1.165, 1.54) is 10.6 Å². The third kappa shape index (κ3) is 4.19. The molecule has 5 heteroatoms. The normalized spacial score (nSPS) is 13.0. The van der Waals surface area contributed by atoms with E-state index in [0.717, 1.165) is 10.6 Å². The summed E-state index contributed by atoms with van der Waals surface area (Å²) in [5, 5.41) is 4.73. The fraction of sp³-hybridized carbons (Fsp3) is 0.0400. The van der Waals surface area contributed by atoms with Crippen molar-refractivity contribution in [3.63, 3.8) is 0 Å². The average molecular weight is 472 g/mol. The van der Waals surface area contributed by atoms with E-state index in [1.54, 1.807) is 0 Å². The van der Waals surface area contributed by atoms with Crippen molar-refractivity contribution < 1.29 is 0 Å². The van der Waals surface area contributed by atoms with Crippen molar-refractivity contribution in [3.05, 3.63) is 121 Å². The Balaban J connectivity index is 1.94. The molecule has 0 aliphatic heterocycles. The fourth-order valence-corrected chi connectivity index (χ4v) is 16.4. The number of halogens is 2. The van der Waals surface area contributed by atoms with Gasteiger partial charge in [-0.25, -0.2) is 0 Å². The Kier molecular flexibility index (Phi) is 6.89. The van der Waals surface area contributed by atoms with E-state index in [9.17, 15) is 0 Å². The number of rotatable bonds is 7. The minimum absolute atomic E-state index is 0.488. The molecule has 0 aromatic heterocycles. The van der Waals surface area contributed by atoms with Crippen LogP contribution < -0.4 is 26.1 Å². The second-order valence-electron chi connectivity index (χ2n) is 7.29. The molecule has 4 rings (SSSR count). The maximum atomic E-state index is 7.66. The quantitative estimate of drug-likeness (QED) is 0.275. The van der Waals surface area contributed by atoms with Gasteiger partial charge in [-0.1, -0.05) is 0 Å². The van der Waals surface area contributed by atoms with Crippen molar-refractivity contribution in [2.45, 2.75) is 0 Å². The summed E-state index contributed by atoms with van der Waals surface area (Å²) in [7, 11) is -2.58. The van der Waals surface area contributed by atoms with Gasteiger partial charge in [0.15, 0.2) is 0 Å². The molecule has 4 aromatic carbocycles. The van der Waals surface area contributed by atoms with Gasteiger partial charge >= 0.3 is 190 Å². The fourth-order valence-electron chi connectivity index (χ4n) is 3.88. The number of alkyl halides is 1. The zero-order chi connectivity index (χ0) is 20.9. The SMILES string of the molecule is ClC[PH](N[PH](Cl)(c1ccccc1)c1ccccc1)(c1ccccc1)c1ccccc1. The Hall–Kier alpha value is -1.72. The van der Waals surface area contributed by atoms with E-state index < -0.39 is 14.2 Å². The van der Waals surface area contributed by atoms with Crippen LogP contribution >= 0.6 is 37.0 Å². The van der Waals surface area contributed by atoms with E-state index in [0.29, 0.717) is 5.62 Å². The van der Waals surface area contributed by atoms with Crippen LogP contribution in [0.3, 0.4) is 0 Å². The van der Waals surface area contributed by atoms with Crippen LogP contribution in [0.25, 0.3) is 0 Å². The summed E-state index contributed by atoms with van der Waals surface area (Å²) in [5.74, 6) is 0. The van der Waals surface area contributed by atoms with Gasteiger partial charge in [0.2, 0.25) is 0 Å². The summed E-state index contributed by atoms with van der Waals surface area (Å²) in [6.07, 6.45) is 0. The van der Waals surface area contributed by atoms with Gasteiger partial charge in [-0.15, -0.1) is 0 Å². The van der Waals surface area contributed by atoms with Crippen LogP contribution in [0.4, 0.5) is 0 Å². The Morgan fingerprint density at radius 2 is 0.800 bits per heavy atom. The molecule has 0 spiro atoms. The first kappa shape index (κ1) is 21.5. The van der Waals surface area contributed by atoms with E-state index in [4.69, 9.17) is 22.8 Å². The van der Waals surface area contributed by atoms with Gasteiger partial charge in [0, 0.05) is 0 Å². The van der Waals surface area contributed by atoms with E-state index in [1.807, 2.05) is 24.3 Å². The predicted molar refractivity (Wildman–Crippen MR) is 141 cm³/mol. The minimum atomic E-state index is -2.82. The van der Waals surface area contributed by atoms with Gasteiger partial charge in [0.05, 0.1) is 0 Å². The van der Waals surface area contributed by atoms with Gasteiger partial charge < -0.3 is 0 Å². The molecule has 0 aliphatic rings. The van der Waals surface area contributed by atoms with Crippen molar-refractivity contribution >= 4 is 58.2 Å². The van der Waals surface area contributed by atoms with Gasteiger partial charge in [-0.05, 0) is 0 Å². The average Bonchev–Trinajstić information content (AvgIpc) is 2.85. The molecule has 0 saturated carbocycles. The molecule has 0 radical (unpaired) electrons. The molecule has 0 bridgehead atoms. The van der Waals surface area contributed by atoms with Gasteiger partial charge in [0.1, 0.15) is 0 Å².